The van der Waals surface area contributed by atoms with Crippen molar-refractivity contribution in [3.05, 3.63) is 10.4 Å². The lowest BCUT2D eigenvalue weighted by atomic mass is 10.1. The maximum atomic E-state index is 12.1. The molecule has 164 valence electrons. The van der Waals surface area contributed by atoms with Crippen LogP contribution in [0.1, 0.15) is 58.8 Å². The summed E-state index contributed by atoms with van der Waals surface area (Å²) in [5.74, 6) is -2.52. The van der Waals surface area contributed by atoms with Gasteiger partial charge in [0, 0.05) is 17.9 Å². The number of azide groups is 1. The summed E-state index contributed by atoms with van der Waals surface area (Å²) < 4.78 is 10.1. The molecule has 0 saturated heterocycles. The second-order valence-electron chi connectivity index (χ2n) is 6.89. The summed E-state index contributed by atoms with van der Waals surface area (Å²) in [6.07, 6.45) is 1.35. The van der Waals surface area contributed by atoms with Gasteiger partial charge >= 0.3 is 17.9 Å². The zero-order valence-electron chi connectivity index (χ0n) is 17.0. The number of nitrogens with one attached hydrogen (secondary N) is 1. The highest BCUT2D eigenvalue weighted by atomic mass is 16.5. The molecule has 0 unspecified atom stereocenters. The Kier molecular flexibility index (Phi) is 14.6. The van der Waals surface area contributed by atoms with Gasteiger partial charge < -0.3 is 19.9 Å². The lowest BCUT2D eigenvalue weighted by Crippen LogP contribution is -2.40. The predicted molar refractivity (Wildman–Crippen MR) is 103 cm³/mol. The van der Waals surface area contributed by atoms with Gasteiger partial charge in [-0.15, -0.1) is 0 Å². The smallest absolute Gasteiger partial charge is 0.308 e. The molecule has 0 aromatic heterocycles. The maximum absolute atomic E-state index is 12.1. The third-order valence-electron chi connectivity index (χ3n) is 3.57. The van der Waals surface area contributed by atoms with Crippen molar-refractivity contribution >= 4 is 23.8 Å². The molecule has 2 N–H and O–H groups in total. The van der Waals surface area contributed by atoms with Crippen molar-refractivity contribution < 1.29 is 33.8 Å². The molecule has 11 heteroatoms. The first-order valence-electron chi connectivity index (χ1n) is 9.57. The molecule has 0 saturated carbocycles. The summed E-state index contributed by atoms with van der Waals surface area (Å²) >= 11 is 0. The number of hydrogen-bond acceptors (Lipinski definition) is 7. The van der Waals surface area contributed by atoms with E-state index in [0.717, 1.165) is 0 Å². The molecule has 0 aliphatic heterocycles. The normalized spacial score (nSPS) is 11.3. The number of amides is 1. The molecule has 1 atom stereocenters. The number of carbonyl (C=O) groups is 4. The van der Waals surface area contributed by atoms with Crippen molar-refractivity contribution in [1.82, 2.24) is 5.32 Å². The number of unbranched alkanes of at least 4 members (excludes halogenated alkanes) is 2. The zero-order chi connectivity index (χ0) is 22.1. The molecular formula is C18H30N4O7. The summed E-state index contributed by atoms with van der Waals surface area (Å²) in [6.45, 7) is 4.13. The number of aliphatic carboxylic acids is 1. The van der Waals surface area contributed by atoms with Gasteiger partial charge in [0.2, 0.25) is 5.91 Å². The Morgan fingerprint density at radius 3 is 2.31 bits per heavy atom. The highest BCUT2D eigenvalue weighted by Crippen LogP contribution is 2.05. The summed E-state index contributed by atoms with van der Waals surface area (Å²) in [5.41, 5.74) is 8.19. The molecule has 0 bridgehead atoms. The number of carbonyl (C=O) groups excluding carboxylic acids is 3. The van der Waals surface area contributed by atoms with Crippen molar-refractivity contribution in [2.45, 2.75) is 64.8 Å². The second kappa shape index (κ2) is 16.2. The number of rotatable bonds is 16. The topological polar surface area (TPSA) is 168 Å². The molecule has 11 nitrogen and oxygen atoms in total. The first-order valence-corrected chi connectivity index (χ1v) is 9.57. The van der Waals surface area contributed by atoms with E-state index in [2.05, 4.69) is 15.3 Å². The minimum Gasteiger partial charge on any atom is -0.481 e. The zero-order valence-corrected chi connectivity index (χ0v) is 17.0. The molecule has 0 spiro atoms. The van der Waals surface area contributed by atoms with Crippen molar-refractivity contribution in [3.8, 4) is 0 Å². The average Bonchev–Trinajstić information content (AvgIpc) is 2.65. The molecular weight excluding hydrogens is 384 g/mol. The number of ether oxygens (including phenoxy) is 2. The van der Waals surface area contributed by atoms with Crippen LogP contribution in [0.3, 0.4) is 0 Å². The molecule has 0 aliphatic carbocycles. The Hall–Kier alpha value is -2.81. The van der Waals surface area contributed by atoms with E-state index in [1.165, 1.54) is 0 Å². The fraction of sp³-hybridized carbons (Fsp3) is 0.778. The quantitative estimate of drug-likeness (QED) is 0.128. The van der Waals surface area contributed by atoms with Crippen molar-refractivity contribution in [1.29, 1.82) is 0 Å². The first-order chi connectivity index (χ1) is 13.7. The van der Waals surface area contributed by atoms with Crippen LogP contribution in [-0.4, -0.2) is 54.7 Å². The molecule has 1 amide bonds. The van der Waals surface area contributed by atoms with Crippen LogP contribution in [-0.2, 0) is 28.7 Å². The van der Waals surface area contributed by atoms with Crippen LogP contribution in [0.2, 0.25) is 0 Å². The number of esters is 2. The van der Waals surface area contributed by atoms with Gasteiger partial charge in [-0.05, 0) is 24.3 Å². The molecule has 0 aromatic rings. The lowest BCUT2D eigenvalue weighted by Gasteiger charge is -2.18. The largest absolute Gasteiger partial charge is 0.481 e. The minimum atomic E-state index is -1.12. The van der Waals surface area contributed by atoms with Gasteiger partial charge in [-0.1, -0.05) is 25.4 Å². The SMILES string of the molecule is CC(C)COC(=O)C[C@@H](COC(=O)CCC(=O)O)NC(=O)CCCCCN=[N+]=[N-]. The van der Waals surface area contributed by atoms with E-state index in [4.69, 9.17) is 20.1 Å². The monoisotopic (exact) mass is 414 g/mol. The van der Waals surface area contributed by atoms with Crippen LogP contribution in [0.15, 0.2) is 5.11 Å². The van der Waals surface area contributed by atoms with Crippen molar-refractivity contribution in [2.24, 2.45) is 11.0 Å². The Balaban J connectivity index is 4.50. The Labute approximate surface area is 169 Å². The third-order valence-corrected chi connectivity index (χ3v) is 3.57. The standard InChI is InChI=1S/C18H30N4O7/c1-13(2)11-28-18(27)10-14(12-29-17(26)8-7-16(24)25)21-15(23)6-4-3-5-9-20-22-19/h13-14H,3-12H2,1-2H3,(H,21,23)(H,24,25)/t14-/m0/s1. The number of nitrogens with zero attached hydrogens (tertiary/aromatic N) is 3. The molecule has 0 aromatic carbocycles. The molecule has 0 aliphatic rings. The molecule has 0 heterocycles. The highest BCUT2D eigenvalue weighted by molar-refractivity contribution is 5.78. The first kappa shape index (κ1) is 26.2. The lowest BCUT2D eigenvalue weighted by molar-refractivity contribution is -0.151. The van der Waals surface area contributed by atoms with Crippen molar-refractivity contribution in [3.63, 3.8) is 0 Å². The fourth-order valence-electron chi connectivity index (χ4n) is 2.14. The summed E-state index contributed by atoms with van der Waals surface area (Å²) in [5, 5.41) is 14.6. The van der Waals surface area contributed by atoms with E-state index in [1.54, 1.807) is 0 Å². The third kappa shape index (κ3) is 17.0. The van der Waals surface area contributed by atoms with E-state index >= 15 is 0 Å². The highest BCUT2D eigenvalue weighted by Gasteiger charge is 2.20. The van der Waals surface area contributed by atoms with E-state index in [0.29, 0.717) is 25.8 Å². The Morgan fingerprint density at radius 1 is 1.00 bits per heavy atom. The van der Waals surface area contributed by atoms with E-state index in [9.17, 15) is 19.2 Å². The molecule has 0 radical (unpaired) electrons. The van der Waals surface area contributed by atoms with Gasteiger partial charge in [0.1, 0.15) is 6.61 Å². The van der Waals surface area contributed by atoms with Crippen LogP contribution in [0, 0.1) is 5.92 Å². The van der Waals surface area contributed by atoms with E-state index < -0.39 is 23.9 Å². The predicted octanol–water partition coefficient (Wildman–Crippen LogP) is 2.34. The van der Waals surface area contributed by atoms with Gasteiger partial charge in [-0.3, -0.25) is 19.2 Å². The number of carboxylic acid groups (broad SMARTS) is 1. The molecule has 0 fully saturated rings. The van der Waals surface area contributed by atoms with E-state index in [1.807, 2.05) is 13.8 Å². The fourth-order valence-corrected chi connectivity index (χ4v) is 2.14. The summed E-state index contributed by atoms with van der Waals surface area (Å²) in [6, 6.07) is -0.765. The van der Waals surface area contributed by atoms with Gasteiger partial charge in [0.25, 0.3) is 0 Å². The average molecular weight is 414 g/mol. The van der Waals surface area contributed by atoms with Crippen LogP contribution in [0.4, 0.5) is 0 Å². The van der Waals surface area contributed by atoms with Crippen LogP contribution in [0.25, 0.3) is 10.4 Å². The minimum absolute atomic E-state index is 0.159. The molecule has 0 rings (SSSR count). The van der Waals surface area contributed by atoms with E-state index in [-0.39, 0.29) is 50.7 Å². The van der Waals surface area contributed by atoms with Crippen LogP contribution in [0.5, 0.6) is 0 Å². The Bertz CT molecular complexity index is 589. The Morgan fingerprint density at radius 2 is 1.69 bits per heavy atom. The number of carboxylic acids is 1. The van der Waals surface area contributed by atoms with Crippen molar-refractivity contribution in [2.75, 3.05) is 19.8 Å². The van der Waals surface area contributed by atoms with Crippen LogP contribution < -0.4 is 5.32 Å². The van der Waals surface area contributed by atoms with Crippen LogP contribution >= 0.6 is 0 Å². The van der Waals surface area contributed by atoms with Gasteiger partial charge in [-0.2, -0.15) is 0 Å². The maximum Gasteiger partial charge on any atom is 0.308 e. The summed E-state index contributed by atoms with van der Waals surface area (Å²) in [4.78, 5) is 48.7. The van der Waals surface area contributed by atoms with Gasteiger partial charge in [-0.25, -0.2) is 0 Å². The second-order valence-corrected chi connectivity index (χ2v) is 6.89. The molecule has 29 heavy (non-hydrogen) atoms. The number of hydrogen-bond donors (Lipinski definition) is 2. The van der Waals surface area contributed by atoms with Gasteiger partial charge in [0.15, 0.2) is 0 Å². The van der Waals surface area contributed by atoms with Gasteiger partial charge in [0.05, 0.1) is 31.9 Å². The summed E-state index contributed by atoms with van der Waals surface area (Å²) in [7, 11) is 0.